The predicted octanol–water partition coefficient (Wildman–Crippen LogP) is 4.21. The summed E-state index contributed by atoms with van der Waals surface area (Å²) in [7, 11) is 0. The first-order valence-corrected chi connectivity index (χ1v) is 11.2. The van der Waals surface area contributed by atoms with Crippen LogP contribution in [0.25, 0.3) is 0 Å². The Bertz CT molecular complexity index is 1190. The van der Waals surface area contributed by atoms with Crippen LogP contribution in [0.1, 0.15) is 46.9 Å². The minimum atomic E-state index is -0.787. The summed E-state index contributed by atoms with van der Waals surface area (Å²) in [5.74, 6) is -2.02. The van der Waals surface area contributed by atoms with E-state index in [0.717, 1.165) is 12.5 Å². The number of rotatable bonds is 6. The standard InChI is InChI=1S/C24H21ClN2O7/c1-13-2-8-17-18(10-13)23(30)26(22(17)29)16-6-3-14(4-7-16)24(31)34-12-21(28)15-5-9-19(25)20(11-15)27(32)33/h3-7,9,11,13,17-18H,2,8,10,12H2,1H3/t13-,17-,18+/m1/s1. The number of nitro groups is 1. The average molecular weight is 485 g/mol. The number of benzene rings is 2. The van der Waals surface area contributed by atoms with Crippen LogP contribution in [0.2, 0.25) is 5.02 Å². The fourth-order valence-electron chi connectivity index (χ4n) is 4.51. The maximum atomic E-state index is 12.8. The van der Waals surface area contributed by atoms with E-state index < -0.39 is 29.0 Å². The van der Waals surface area contributed by atoms with Gasteiger partial charge in [0, 0.05) is 11.6 Å². The SMILES string of the molecule is C[C@@H]1CC[C@H]2C(=O)N(c3ccc(C(=O)OCC(=O)c4ccc(Cl)c([N+](=O)[O-])c4)cc3)C(=O)[C@H]2C1. The van der Waals surface area contributed by atoms with Gasteiger partial charge in [0.15, 0.2) is 6.61 Å². The number of fused-ring (bicyclic) bond motifs is 1. The molecule has 1 aliphatic carbocycles. The molecule has 1 saturated heterocycles. The van der Waals surface area contributed by atoms with Crippen LogP contribution in [0.3, 0.4) is 0 Å². The number of ketones is 1. The van der Waals surface area contributed by atoms with Crippen LogP contribution in [-0.2, 0) is 14.3 Å². The number of carbonyl (C=O) groups is 4. The normalized spacial score (nSPS) is 21.8. The van der Waals surface area contributed by atoms with Crippen LogP contribution in [0, 0.1) is 27.9 Å². The highest BCUT2D eigenvalue weighted by molar-refractivity contribution is 6.32. The van der Waals surface area contributed by atoms with E-state index in [-0.39, 0.29) is 39.8 Å². The fourth-order valence-corrected chi connectivity index (χ4v) is 4.70. The molecule has 0 unspecified atom stereocenters. The van der Waals surface area contributed by atoms with Crippen molar-refractivity contribution in [1.82, 2.24) is 0 Å². The maximum absolute atomic E-state index is 12.8. The number of nitro benzene ring substituents is 1. The fraction of sp³-hybridized carbons (Fsp3) is 0.333. The van der Waals surface area contributed by atoms with Gasteiger partial charge in [-0.1, -0.05) is 18.5 Å². The molecule has 0 aromatic heterocycles. The first kappa shape index (κ1) is 23.6. The number of hydrogen-bond donors (Lipinski definition) is 0. The van der Waals surface area contributed by atoms with E-state index in [1.807, 2.05) is 0 Å². The summed E-state index contributed by atoms with van der Waals surface area (Å²) >= 11 is 5.74. The van der Waals surface area contributed by atoms with Crippen LogP contribution in [0.15, 0.2) is 42.5 Å². The molecular weight excluding hydrogens is 464 g/mol. The molecular formula is C24H21ClN2O7. The maximum Gasteiger partial charge on any atom is 0.338 e. The molecule has 1 aliphatic heterocycles. The summed E-state index contributed by atoms with van der Waals surface area (Å²) in [4.78, 5) is 61.8. The number of halogens is 1. The molecule has 1 saturated carbocycles. The molecule has 2 fully saturated rings. The lowest BCUT2D eigenvalue weighted by Gasteiger charge is -2.25. The van der Waals surface area contributed by atoms with Crippen molar-refractivity contribution in [3.63, 3.8) is 0 Å². The van der Waals surface area contributed by atoms with E-state index in [0.29, 0.717) is 24.4 Å². The van der Waals surface area contributed by atoms with Gasteiger partial charge in [-0.15, -0.1) is 0 Å². The molecule has 176 valence electrons. The van der Waals surface area contributed by atoms with Crippen LogP contribution < -0.4 is 4.90 Å². The molecule has 0 radical (unpaired) electrons. The third-order valence-electron chi connectivity index (χ3n) is 6.35. The third-order valence-corrected chi connectivity index (χ3v) is 6.67. The molecule has 9 nitrogen and oxygen atoms in total. The lowest BCUT2D eigenvalue weighted by atomic mass is 9.76. The third kappa shape index (κ3) is 4.43. The summed E-state index contributed by atoms with van der Waals surface area (Å²) in [6.45, 7) is 1.46. The lowest BCUT2D eigenvalue weighted by molar-refractivity contribution is -0.384. The Labute approximate surface area is 199 Å². The van der Waals surface area contributed by atoms with Gasteiger partial charge in [-0.05, 0) is 61.6 Å². The van der Waals surface area contributed by atoms with Gasteiger partial charge in [0.2, 0.25) is 17.6 Å². The molecule has 2 aromatic carbocycles. The zero-order valence-corrected chi connectivity index (χ0v) is 19.0. The van der Waals surface area contributed by atoms with Gasteiger partial charge in [-0.2, -0.15) is 0 Å². The van der Waals surface area contributed by atoms with Crippen molar-refractivity contribution < 1.29 is 28.8 Å². The van der Waals surface area contributed by atoms with Crippen molar-refractivity contribution in [2.24, 2.45) is 17.8 Å². The number of hydrogen-bond acceptors (Lipinski definition) is 7. The Balaban J connectivity index is 1.40. The van der Waals surface area contributed by atoms with Gasteiger partial charge >= 0.3 is 5.97 Å². The largest absolute Gasteiger partial charge is 0.454 e. The summed E-state index contributed by atoms with van der Waals surface area (Å²) in [6, 6.07) is 9.39. The monoisotopic (exact) mass is 484 g/mol. The van der Waals surface area contributed by atoms with Crippen molar-refractivity contribution in [2.45, 2.75) is 26.2 Å². The van der Waals surface area contributed by atoms with E-state index in [4.69, 9.17) is 16.3 Å². The van der Waals surface area contributed by atoms with Gasteiger partial charge in [0.1, 0.15) is 5.02 Å². The van der Waals surface area contributed by atoms with E-state index in [1.165, 1.54) is 41.3 Å². The Morgan fingerprint density at radius 3 is 2.38 bits per heavy atom. The Morgan fingerprint density at radius 1 is 1.06 bits per heavy atom. The molecule has 0 N–H and O–H groups in total. The highest BCUT2D eigenvalue weighted by Crippen LogP contribution is 2.42. The number of nitrogens with zero attached hydrogens (tertiary/aromatic N) is 2. The average Bonchev–Trinajstić information content (AvgIpc) is 3.06. The molecule has 0 bridgehead atoms. The second-order valence-electron chi connectivity index (χ2n) is 8.61. The van der Waals surface area contributed by atoms with Crippen molar-refractivity contribution >= 4 is 46.5 Å². The van der Waals surface area contributed by atoms with Gasteiger partial charge in [-0.25, -0.2) is 4.79 Å². The summed E-state index contributed by atoms with van der Waals surface area (Å²) in [5, 5.41) is 10.9. The number of imide groups is 1. The molecule has 3 atom stereocenters. The molecule has 4 rings (SSSR count). The second kappa shape index (κ2) is 9.34. The van der Waals surface area contributed by atoms with Gasteiger partial charge in [-0.3, -0.25) is 29.4 Å². The summed E-state index contributed by atoms with van der Waals surface area (Å²) in [5.41, 5.74) is 0.0813. The Kier molecular flexibility index (Phi) is 6.47. The quantitative estimate of drug-likeness (QED) is 0.198. The predicted molar refractivity (Wildman–Crippen MR) is 122 cm³/mol. The molecule has 2 aromatic rings. The number of ether oxygens (including phenoxy) is 1. The Morgan fingerprint density at radius 2 is 1.71 bits per heavy atom. The second-order valence-corrected chi connectivity index (χ2v) is 9.02. The van der Waals surface area contributed by atoms with Crippen LogP contribution >= 0.6 is 11.6 Å². The highest BCUT2D eigenvalue weighted by Gasteiger charge is 2.49. The lowest BCUT2D eigenvalue weighted by Crippen LogP contribution is -2.30. The van der Waals surface area contributed by atoms with Crippen molar-refractivity contribution in [1.29, 1.82) is 0 Å². The molecule has 2 amide bonds. The topological polar surface area (TPSA) is 124 Å². The van der Waals surface area contributed by atoms with Crippen molar-refractivity contribution in [3.05, 3.63) is 68.7 Å². The smallest absolute Gasteiger partial charge is 0.338 e. The zero-order chi connectivity index (χ0) is 24.6. The van der Waals surface area contributed by atoms with Crippen LogP contribution in [0.5, 0.6) is 0 Å². The molecule has 1 heterocycles. The van der Waals surface area contributed by atoms with Gasteiger partial charge in [0.05, 0.1) is 28.0 Å². The first-order valence-electron chi connectivity index (χ1n) is 10.8. The molecule has 2 aliphatic rings. The summed E-state index contributed by atoms with van der Waals surface area (Å²) in [6.07, 6.45) is 2.31. The molecule has 10 heteroatoms. The van der Waals surface area contributed by atoms with Gasteiger partial charge < -0.3 is 4.74 Å². The minimum Gasteiger partial charge on any atom is -0.454 e. The van der Waals surface area contributed by atoms with Crippen molar-refractivity contribution in [3.8, 4) is 0 Å². The minimum absolute atomic E-state index is 0.0129. The van der Waals surface area contributed by atoms with E-state index in [1.54, 1.807) is 0 Å². The molecule has 34 heavy (non-hydrogen) atoms. The number of esters is 1. The van der Waals surface area contributed by atoms with E-state index >= 15 is 0 Å². The van der Waals surface area contributed by atoms with E-state index in [2.05, 4.69) is 6.92 Å². The number of carbonyl (C=O) groups excluding carboxylic acids is 4. The van der Waals surface area contributed by atoms with Crippen LogP contribution in [0.4, 0.5) is 11.4 Å². The number of amides is 2. The number of anilines is 1. The van der Waals surface area contributed by atoms with E-state index in [9.17, 15) is 29.3 Å². The highest BCUT2D eigenvalue weighted by atomic mass is 35.5. The zero-order valence-electron chi connectivity index (χ0n) is 18.2. The van der Waals surface area contributed by atoms with Gasteiger partial charge in [0.25, 0.3) is 5.69 Å². The van der Waals surface area contributed by atoms with Crippen LogP contribution in [-0.4, -0.2) is 35.1 Å². The Hall–Kier alpha value is -3.59. The number of Topliss-reactive ketones (excluding diaryl/α,β-unsaturated/α-hetero) is 1. The first-order chi connectivity index (χ1) is 16.2. The van der Waals surface area contributed by atoms with Crippen molar-refractivity contribution in [2.75, 3.05) is 11.5 Å². The summed E-state index contributed by atoms with van der Waals surface area (Å²) < 4.78 is 5.03. The molecule has 0 spiro atoms.